The van der Waals surface area contributed by atoms with Crippen LogP contribution in [0.1, 0.15) is 18.6 Å². The SMILES string of the molecule is CC(=O)O[C@@H]1C(=O)Nc2ccccc21. The summed E-state index contributed by atoms with van der Waals surface area (Å²) in [4.78, 5) is 22.1. The molecule has 2 rings (SSSR count). The molecule has 1 aliphatic rings. The van der Waals surface area contributed by atoms with Gasteiger partial charge in [0, 0.05) is 18.2 Å². The molecule has 1 aromatic carbocycles. The van der Waals surface area contributed by atoms with Gasteiger partial charge in [0.2, 0.25) is 6.10 Å². The van der Waals surface area contributed by atoms with Crippen molar-refractivity contribution >= 4 is 17.6 Å². The maximum absolute atomic E-state index is 11.4. The van der Waals surface area contributed by atoms with Gasteiger partial charge in [-0.15, -0.1) is 0 Å². The highest BCUT2D eigenvalue weighted by Gasteiger charge is 2.32. The Morgan fingerprint density at radius 1 is 1.43 bits per heavy atom. The fourth-order valence-electron chi connectivity index (χ4n) is 1.46. The fraction of sp³-hybridized carbons (Fsp3) is 0.200. The summed E-state index contributed by atoms with van der Waals surface area (Å²) in [6.07, 6.45) is -0.788. The Morgan fingerprint density at radius 2 is 2.14 bits per heavy atom. The lowest BCUT2D eigenvalue weighted by atomic mass is 10.1. The predicted octanol–water partition coefficient (Wildman–Crippen LogP) is 1.24. The molecule has 0 unspecified atom stereocenters. The van der Waals surface area contributed by atoms with Gasteiger partial charge in [0.15, 0.2) is 0 Å². The number of anilines is 1. The van der Waals surface area contributed by atoms with Gasteiger partial charge >= 0.3 is 5.97 Å². The van der Waals surface area contributed by atoms with Crippen molar-refractivity contribution in [3.63, 3.8) is 0 Å². The number of carbonyl (C=O) groups excluding carboxylic acids is 2. The third-order valence-electron chi connectivity index (χ3n) is 2.02. The molecule has 1 aliphatic heterocycles. The summed E-state index contributed by atoms with van der Waals surface area (Å²) in [6, 6.07) is 7.16. The number of rotatable bonds is 1. The Morgan fingerprint density at radius 3 is 2.86 bits per heavy atom. The molecule has 1 amide bonds. The molecule has 0 spiro atoms. The highest BCUT2D eigenvalue weighted by Crippen LogP contribution is 2.32. The molecule has 4 heteroatoms. The monoisotopic (exact) mass is 191 g/mol. The minimum atomic E-state index is -0.788. The predicted molar refractivity (Wildman–Crippen MR) is 49.6 cm³/mol. The van der Waals surface area contributed by atoms with E-state index in [9.17, 15) is 9.59 Å². The Balaban J connectivity index is 2.34. The number of ether oxygens (including phenoxy) is 1. The van der Waals surface area contributed by atoms with E-state index < -0.39 is 12.1 Å². The van der Waals surface area contributed by atoms with Crippen LogP contribution in [0.2, 0.25) is 0 Å². The molecule has 0 fully saturated rings. The molecule has 14 heavy (non-hydrogen) atoms. The van der Waals surface area contributed by atoms with Crippen LogP contribution >= 0.6 is 0 Å². The van der Waals surface area contributed by atoms with Crippen LogP contribution < -0.4 is 5.32 Å². The first-order valence-electron chi connectivity index (χ1n) is 4.25. The van der Waals surface area contributed by atoms with Crippen LogP contribution in [0.15, 0.2) is 24.3 Å². The topological polar surface area (TPSA) is 55.4 Å². The van der Waals surface area contributed by atoms with Crippen molar-refractivity contribution in [3.05, 3.63) is 29.8 Å². The number of fused-ring (bicyclic) bond motifs is 1. The summed E-state index contributed by atoms with van der Waals surface area (Å²) in [6.45, 7) is 1.29. The van der Waals surface area contributed by atoms with Crippen molar-refractivity contribution in [1.29, 1.82) is 0 Å². The molecule has 72 valence electrons. The maximum Gasteiger partial charge on any atom is 0.303 e. The Labute approximate surface area is 80.9 Å². The number of benzene rings is 1. The number of hydrogen-bond acceptors (Lipinski definition) is 3. The average molecular weight is 191 g/mol. The minimum absolute atomic E-state index is 0.290. The zero-order valence-electron chi connectivity index (χ0n) is 7.61. The summed E-state index contributed by atoms with van der Waals surface area (Å²) in [5.74, 6) is -0.747. The van der Waals surface area contributed by atoms with E-state index in [-0.39, 0.29) is 5.91 Å². The third-order valence-corrected chi connectivity index (χ3v) is 2.02. The number of hydrogen-bond donors (Lipinski definition) is 1. The van der Waals surface area contributed by atoms with Crippen molar-refractivity contribution in [3.8, 4) is 0 Å². The van der Waals surface area contributed by atoms with Gasteiger partial charge in [0.1, 0.15) is 0 Å². The van der Waals surface area contributed by atoms with E-state index in [2.05, 4.69) is 5.32 Å². The van der Waals surface area contributed by atoms with E-state index in [0.29, 0.717) is 11.3 Å². The summed E-state index contributed by atoms with van der Waals surface area (Å²) in [5, 5.41) is 2.64. The van der Waals surface area contributed by atoms with Crippen molar-refractivity contribution in [2.45, 2.75) is 13.0 Å². The van der Waals surface area contributed by atoms with Crippen molar-refractivity contribution < 1.29 is 14.3 Å². The van der Waals surface area contributed by atoms with Crippen LogP contribution in [-0.2, 0) is 14.3 Å². The van der Waals surface area contributed by atoms with Crippen LogP contribution in [0.4, 0.5) is 5.69 Å². The van der Waals surface area contributed by atoms with Gasteiger partial charge in [-0.2, -0.15) is 0 Å². The minimum Gasteiger partial charge on any atom is -0.447 e. The number of nitrogens with one attached hydrogen (secondary N) is 1. The second-order valence-corrected chi connectivity index (χ2v) is 3.07. The molecule has 0 aliphatic carbocycles. The molecule has 1 aromatic rings. The molecule has 1 heterocycles. The number of carbonyl (C=O) groups is 2. The molecule has 1 atom stereocenters. The second-order valence-electron chi connectivity index (χ2n) is 3.07. The molecular formula is C10H9NO3. The zero-order chi connectivity index (χ0) is 10.1. The van der Waals surface area contributed by atoms with Crippen LogP contribution in [-0.4, -0.2) is 11.9 Å². The summed E-state index contributed by atoms with van der Waals surface area (Å²) < 4.78 is 4.90. The van der Waals surface area contributed by atoms with Gasteiger partial charge in [0.25, 0.3) is 5.91 Å². The maximum atomic E-state index is 11.4. The summed E-state index contributed by atoms with van der Waals surface area (Å²) in [5.41, 5.74) is 1.43. The quantitative estimate of drug-likeness (QED) is 0.679. The Hall–Kier alpha value is -1.84. The lowest BCUT2D eigenvalue weighted by molar-refractivity contribution is -0.151. The smallest absolute Gasteiger partial charge is 0.303 e. The van der Waals surface area contributed by atoms with E-state index in [1.807, 2.05) is 6.07 Å². The zero-order valence-corrected chi connectivity index (χ0v) is 7.61. The molecule has 0 aromatic heterocycles. The van der Waals surface area contributed by atoms with Crippen LogP contribution in [0.5, 0.6) is 0 Å². The van der Waals surface area contributed by atoms with Gasteiger partial charge in [-0.1, -0.05) is 18.2 Å². The van der Waals surface area contributed by atoms with Crippen LogP contribution in [0.25, 0.3) is 0 Å². The van der Waals surface area contributed by atoms with Crippen molar-refractivity contribution in [2.75, 3.05) is 5.32 Å². The van der Waals surface area contributed by atoms with Gasteiger partial charge in [-0.3, -0.25) is 9.59 Å². The number of amides is 1. The molecule has 0 bridgehead atoms. The molecule has 0 saturated carbocycles. The summed E-state index contributed by atoms with van der Waals surface area (Å²) in [7, 11) is 0. The molecule has 0 radical (unpaired) electrons. The highest BCUT2D eigenvalue weighted by atomic mass is 16.5. The molecule has 1 N–H and O–H groups in total. The van der Waals surface area contributed by atoms with Crippen molar-refractivity contribution in [1.82, 2.24) is 0 Å². The first-order chi connectivity index (χ1) is 6.68. The fourth-order valence-corrected chi connectivity index (χ4v) is 1.46. The standard InChI is InChI=1S/C10H9NO3/c1-6(12)14-9-7-4-2-3-5-8(7)11-10(9)13/h2-5,9H,1H3,(H,11,13)/t9-/m0/s1. The molecule has 4 nitrogen and oxygen atoms in total. The lowest BCUT2D eigenvalue weighted by Gasteiger charge is -2.07. The van der Waals surface area contributed by atoms with Gasteiger partial charge in [-0.05, 0) is 6.07 Å². The Kier molecular flexibility index (Phi) is 1.96. The van der Waals surface area contributed by atoms with E-state index in [4.69, 9.17) is 4.74 Å². The van der Waals surface area contributed by atoms with Gasteiger partial charge < -0.3 is 10.1 Å². The van der Waals surface area contributed by atoms with Gasteiger partial charge in [-0.25, -0.2) is 0 Å². The first kappa shape index (κ1) is 8.74. The summed E-state index contributed by atoms with van der Waals surface area (Å²) >= 11 is 0. The Bertz CT molecular complexity index is 400. The largest absolute Gasteiger partial charge is 0.447 e. The molecule has 0 saturated heterocycles. The van der Waals surface area contributed by atoms with Gasteiger partial charge in [0.05, 0.1) is 0 Å². The van der Waals surface area contributed by atoms with E-state index in [1.54, 1.807) is 18.2 Å². The van der Waals surface area contributed by atoms with E-state index >= 15 is 0 Å². The number of esters is 1. The molecular weight excluding hydrogens is 182 g/mol. The van der Waals surface area contributed by atoms with E-state index in [0.717, 1.165) is 0 Å². The number of para-hydroxylation sites is 1. The van der Waals surface area contributed by atoms with Crippen LogP contribution in [0, 0.1) is 0 Å². The van der Waals surface area contributed by atoms with Crippen molar-refractivity contribution in [2.24, 2.45) is 0 Å². The highest BCUT2D eigenvalue weighted by molar-refractivity contribution is 6.02. The lowest BCUT2D eigenvalue weighted by Crippen LogP contribution is -2.17. The average Bonchev–Trinajstić information content (AvgIpc) is 2.43. The van der Waals surface area contributed by atoms with E-state index in [1.165, 1.54) is 6.92 Å². The van der Waals surface area contributed by atoms with Crippen LogP contribution in [0.3, 0.4) is 0 Å². The normalized spacial score (nSPS) is 18.6. The first-order valence-corrected chi connectivity index (χ1v) is 4.25. The third kappa shape index (κ3) is 1.35. The second kappa shape index (κ2) is 3.14.